The Morgan fingerprint density at radius 2 is 1.29 bits per heavy atom. The second kappa shape index (κ2) is 8.02. The normalized spacial score (nSPS) is 13.4. The molecular weight excluding hydrogens is 462 g/mol. The largest absolute Gasteiger partial charge is 0.507 e. The summed E-state index contributed by atoms with van der Waals surface area (Å²) in [5.74, 6) is -1.50. The lowest BCUT2D eigenvalue weighted by Crippen LogP contribution is -2.17. The summed E-state index contributed by atoms with van der Waals surface area (Å²) in [6.45, 7) is 11.3. The van der Waals surface area contributed by atoms with E-state index in [1.807, 2.05) is 41.5 Å². The topological polar surface area (TPSA) is 59.2 Å². The Morgan fingerprint density at radius 1 is 0.765 bits per heavy atom. The maximum absolute atomic E-state index is 13.6. The molecule has 1 heterocycles. The van der Waals surface area contributed by atoms with E-state index in [-0.39, 0.29) is 22.6 Å². The first kappa shape index (κ1) is 25.6. The highest BCUT2D eigenvalue weighted by Gasteiger charge is 2.43. The Morgan fingerprint density at radius 3 is 1.74 bits per heavy atom. The number of phenols is 1. The van der Waals surface area contributed by atoms with E-state index in [1.165, 1.54) is 0 Å². The fourth-order valence-corrected chi connectivity index (χ4v) is 3.50. The van der Waals surface area contributed by atoms with Crippen molar-refractivity contribution in [3.8, 4) is 28.6 Å². The summed E-state index contributed by atoms with van der Waals surface area (Å²) in [7, 11) is 0. The van der Waals surface area contributed by atoms with Crippen LogP contribution in [0.1, 0.15) is 63.8 Å². The molecule has 1 N–H and O–H groups in total. The molecule has 0 unspecified atom stereocenters. The van der Waals surface area contributed by atoms with Crippen LogP contribution < -0.4 is 0 Å². The minimum absolute atomic E-state index is 0.0467. The van der Waals surface area contributed by atoms with Crippen molar-refractivity contribution in [3.63, 3.8) is 0 Å². The zero-order chi connectivity index (χ0) is 25.9. The molecule has 2 aromatic carbocycles. The average molecular weight is 486 g/mol. The Labute approximate surface area is 192 Å². The van der Waals surface area contributed by atoms with Crippen molar-refractivity contribution in [1.29, 1.82) is 0 Å². The number of nitrogens with zero attached hydrogens (tertiary/aromatic N) is 2. The summed E-state index contributed by atoms with van der Waals surface area (Å²) in [4.78, 5) is 3.87. The van der Waals surface area contributed by atoms with Crippen LogP contribution in [-0.2, 0) is 23.2 Å². The van der Waals surface area contributed by atoms with Gasteiger partial charge in [0, 0.05) is 5.56 Å². The molecule has 0 atom stereocenters. The molecular formula is C24H24F6N2O2. The number of aromatic nitrogens is 2. The van der Waals surface area contributed by atoms with Crippen molar-refractivity contribution in [2.45, 2.75) is 64.7 Å². The molecule has 0 aliphatic heterocycles. The lowest BCUT2D eigenvalue weighted by molar-refractivity contribution is -0.142. The second-order valence-corrected chi connectivity index (χ2v) is 10.1. The summed E-state index contributed by atoms with van der Waals surface area (Å²) in [5, 5.41) is 14.6. The number of rotatable bonds is 2. The first-order chi connectivity index (χ1) is 15.3. The van der Waals surface area contributed by atoms with Crippen LogP contribution in [0.3, 0.4) is 0 Å². The van der Waals surface area contributed by atoms with E-state index in [4.69, 9.17) is 4.52 Å². The van der Waals surface area contributed by atoms with Crippen LogP contribution in [0.25, 0.3) is 22.8 Å². The molecule has 3 rings (SSSR count). The third-order valence-electron chi connectivity index (χ3n) is 5.34. The Balaban J connectivity index is 2.30. The van der Waals surface area contributed by atoms with Gasteiger partial charge in [-0.1, -0.05) is 58.8 Å². The maximum Gasteiger partial charge on any atom is 0.417 e. The van der Waals surface area contributed by atoms with Crippen molar-refractivity contribution >= 4 is 0 Å². The number of halogens is 6. The molecule has 0 aliphatic carbocycles. The van der Waals surface area contributed by atoms with Gasteiger partial charge < -0.3 is 9.63 Å². The standard InChI is InChI=1S/C24H24F6N2O2/c1-21(2,3)12-10-13(18(33)16(11-12)22(4,5)6)19-31-20(34-32-19)17-14(23(25,26)27)8-7-9-15(17)24(28,29)30/h7-11,33H,1-6H3. The van der Waals surface area contributed by atoms with Crippen LogP contribution in [0, 0.1) is 0 Å². The van der Waals surface area contributed by atoms with Gasteiger partial charge in [0.2, 0.25) is 5.82 Å². The van der Waals surface area contributed by atoms with E-state index in [0.29, 0.717) is 23.8 Å². The highest BCUT2D eigenvalue weighted by molar-refractivity contribution is 5.72. The van der Waals surface area contributed by atoms with Gasteiger partial charge in [0.25, 0.3) is 5.89 Å². The molecule has 1 aromatic heterocycles. The van der Waals surface area contributed by atoms with Crippen molar-refractivity contribution in [1.82, 2.24) is 10.1 Å². The second-order valence-electron chi connectivity index (χ2n) is 10.1. The molecule has 0 bridgehead atoms. The van der Waals surface area contributed by atoms with E-state index in [9.17, 15) is 31.4 Å². The Hall–Kier alpha value is -3.04. The van der Waals surface area contributed by atoms with Gasteiger partial charge in [0.05, 0.1) is 22.3 Å². The minimum Gasteiger partial charge on any atom is -0.507 e. The summed E-state index contributed by atoms with van der Waals surface area (Å²) in [6.07, 6.45) is -10.2. The van der Waals surface area contributed by atoms with E-state index >= 15 is 0 Å². The number of hydrogen-bond donors (Lipinski definition) is 1. The maximum atomic E-state index is 13.6. The number of benzene rings is 2. The number of phenolic OH excluding ortho intramolecular Hbond substituents is 1. The number of alkyl halides is 6. The minimum atomic E-state index is -5.10. The van der Waals surface area contributed by atoms with Gasteiger partial charge in [-0.3, -0.25) is 0 Å². The molecule has 184 valence electrons. The van der Waals surface area contributed by atoms with Gasteiger partial charge in [0.15, 0.2) is 0 Å². The molecule has 0 radical (unpaired) electrons. The molecule has 0 spiro atoms. The van der Waals surface area contributed by atoms with Crippen molar-refractivity contribution in [2.75, 3.05) is 0 Å². The molecule has 0 amide bonds. The lowest BCUT2D eigenvalue weighted by Gasteiger charge is -2.27. The SMILES string of the molecule is CC(C)(C)c1cc(-c2noc(-c3c(C(F)(F)F)cccc3C(F)(F)F)n2)c(O)c(C(C)(C)C)c1. The first-order valence-corrected chi connectivity index (χ1v) is 10.3. The molecule has 34 heavy (non-hydrogen) atoms. The van der Waals surface area contributed by atoms with Crippen LogP contribution in [0.5, 0.6) is 5.75 Å². The monoisotopic (exact) mass is 486 g/mol. The summed E-state index contributed by atoms with van der Waals surface area (Å²) < 4.78 is 86.3. The van der Waals surface area contributed by atoms with E-state index in [0.717, 1.165) is 5.56 Å². The molecule has 0 aliphatic rings. The van der Waals surface area contributed by atoms with Crippen LogP contribution in [0.4, 0.5) is 26.3 Å². The summed E-state index contributed by atoms with van der Waals surface area (Å²) >= 11 is 0. The molecule has 0 fully saturated rings. The van der Waals surface area contributed by atoms with Gasteiger partial charge in [-0.15, -0.1) is 0 Å². The number of aromatic hydroxyl groups is 1. The summed E-state index contributed by atoms with van der Waals surface area (Å²) in [6, 6.07) is 5.06. The molecule has 0 saturated carbocycles. The predicted octanol–water partition coefficient (Wildman–Crippen LogP) is 7.74. The van der Waals surface area contributed by atoms with Crippen molar-refractivity contribution in [2.24, 2.45) is 0 Å². The Kier molecular flexibility index (Phi) is 6.04. The molecule has 0 saturated heterocycles. The van der Waals surface area contributed by atoms with Crippen LogP contribution in [0.2, 0.25) is 0 Å². The number of hydrogen-bond acceptors (Lipinski definition) is 4. The summed E-state index contributed by atoms with van der Waals surface area (Å²) in [5.41, 5.74) is -3.95. The van der Waals surface area contributed by atoms with E-state index in [1.54, 1.807) is 12.1 Å². The average Bonchev–Trinajstić information content (AvgIpc) is 3.14. The highest BCUT2D eigenvalue weighted by Crippen LogP contribution is 2.45. The van der Waals surface area contributed by atoms with Crippen LogP contribution in [-0.4, -0.2) is 15.2 Å². The third-order valence-corrected chi connectivity index (χ3v) is 5.34. The van der Waals surface area contributed by atoms with Crippen molar-refractivity contribution < 1.29 is 36.0 Å². The zero-order valence-electron chi connectivity index (χ0n) is 19.4. The van der Waals surface area contributed by atoms with E-state index < -0.39 is 40.3 Å². The zero-order valence-corrected chi connectivity index (χ0v) is 19.4. The predicted molar refractivity (Wildman–Crippen MR) is 114 cm³/mol. The van der Waals surface area contributed by atoms with Gasteiger partial charge in [-0.2, -0.15) is 31.3 Å². The van der Waals surface area contributed by atoms with Gasteiger partial charge in [-0.05, 0) is 34.6 Å². The highest BCUT2D eigenvalue weighted by atomic mass is 19.4. The molecule has 10 heteroatoms. The lowest BCUT2D eigenvalue weighted by atomic mass is 9.79. The molecule has 3 aromatic rings. The quantitative estimate of drug-likeness (QED) is 0.377. The fourth-order valence-electron chi connectivity index (χ4n) is 3.50. The van der Waals surface area contributed by atoms with Gasteiger partial charge >= 0.3 is 12.4 Å². The fraction of sp³-hybridized carbons (Fsp3) is 0.417. The van der Waals surface area contributed by atoms with E-state index in [2.05, 4.69) is 10.1 Å². The first-order valence-electron chi connectivity index (χ1n) is 10.3. The Bertz CT molecular complexity index is 1180. The van der Waals surface area contributed by atoms with Gasteiger partial charge in [-0.25, -0.2) is 0 Å². The smallest absolute Gasteiger partial charge is 0.417 e. The van der Waals surface area contributed by atoms with Crippen molar-refractivity contribution in [3.05, 3.63) is 52.6 Å². The van der Waals surface area contributed by atoms with Crippen LogP contribution in [0.15, 0.2) is 34.9 Å². The van der Waals surface area contributed by atoms with Gasteiger partial charge in [0.1, 0.15) is 5.75 Å². The molecule has 4 nitrogen and oxygen atoms in total. The van der Waals surface area contributed by atoms with Crippen LogP contribution >= 0.6 is 0 Å². The third kappa shape index (κ3) is 4.90.